The molecule has 1 amide bonds. The van der Waals surface area contributed by atoms with Gasteiger partial charge in [-0.3, -0.25) is 9.52 Å². The van der Waals surface area contributed by atoms with Gasteiger partial charge in [-0.05, 0) is 37.3 Å². The van der Waals surface area contributed by atoms with E-state index in [-0.39, 0.29) is 33.4 Å². The van der Waals surface area contributed by atoms with Crippen LogP contribution >= 0.6 is 11.6 Å². The Hall–Kier alpha value is -2.29. The van der Waals surface area contributed by atoms with Gasteiger partial charge in [0.1, 0.15) is 4.90 Å². The molecule has 25 heavy (non-hydrogen) atoms. The zero-order valence-electron chi connectivity index (χ0n) is 13.4. The number of aliphatic hydroxyl groups excluding tert-OH is 1. The van der Waals surface area contributed by atoms with Crippen LogP contribution in [-0.2, 0) is 14.8 Å². The van der Waals surface area contributed by atoms with Gasteiger partial charge in [-0.2, -0.15) is 0 Å². The first-order chi connectivity index (χ1) is 11.7. The fraction of sp³-hybridized carbons (Fsp3) is 0.188. The third-order valence-electron chi connectivity index (χ3n) is 3.19. The van der Waals surface area contributed by atoms with E-state index in [0.717, 1.165) is 0 Å². The van der Waals surface area contributed by atoms with Crippen LogP contribution in [0.4, 0.5) is 17.1 Å². The van der Waals surface area contributed by atoms with Gasteiger partial charge in [0.25, 0.3) is 10.0 Å². The monoisotopic (exact) mass is 383 g/mol. The van der Waals surface area contributed by atoms with E-state index < -0.39 is 22.0 Å². The number of nitrogens with one attached hydrogen (secondary N) is 2. The molecule has 0 saturated heterocycles. The number of hydrogen-bond donors (Lipinski definition) is 4. The van der Waals surface area contributed by atoms with E-state index in [4.69, 9.17) is 17.3 Å². The van der Waals surface area contributed by atoms with Crippen LogP contribution in [0.1, 0.15) is 13.3 Å². The number of nitrogens with two attached hydrogens (primary N) is 1. The van der Waals surface area contributed by atoms with Gasteiger partial charge < -0.3 is 16.2 Å². The summed E-state index contributed by atoms with van der Waals surface area (Å²) in [6, 6.07) is 10.5. The van der Waals surface area contributed by atoms with E-state index in [1.807, 2.05) is 0 Å². The summed E-state index contributed by atoms with van der Waals surface area (Å²) >= 11 is 5.97. The van der Waals surface area contributed by atoms with Gasteiger partial charge in [0, 0.05) is 5.69 Å². The highest BCUT2D eigenvalue weighted by Gasteiger charge is 2.20. The van der Waals surface area contributed by atoms with Gasteiger partial charge in [0.2, 0.25) is 5.91 Å². The van der Waals surface area contributed by atoms with Crippen LogP contribution in [0.2, 0.25) is 5.02 Å². The molecule has 0 saturated carbocycles. The molecule has 0 aromatic heterocycles. The number of carbonyl (C=O) groups is 1. The summed E-state index contributed by atoms with van der Waals surface area (Å²) in [4.78, 5) is 11.5. The molecule has 9 heteroatoms. The first kappa shape index (κ1) is 19.0. The van der Waals surface area contributed by atoms with Gasteiger partial charge in [-0.1, -0.05) is 23.7 Å². The van der Waals surface area contributed by atoms with Crippen molar-refractivity contribution in [3.05, 3.63) is 47.5 Å². The number of rotatable bonds is 6. The third-order valence-corrected chi connectivity index (χ3v) is 4.94. The Balaban J connectivity index is 2.29. The Labute approximate surface area is 150 Å². The number of sulfonamides is 1. The number of para-hydroxylation sites is 1. The van der Waals surface area contributed by atoms with E-state index in [0.29, 0.717) is 0 Å². The average Bonchev–Trinajstić information content (AvgIpc) is 2.50. The average molecular weight is 384 g/mol. The van der Waals surface area contributed by atoms with Crippen LogP contribution < -0.4 is 15.8 Å². The SMILES string of the molecule is CC(O)CC(=O)Nc1ccc(N)c(S(=O)(=O)Nc2ccccc2Cl)c1. The molecule has 0 spiro atoms. The molecule has 0 aliphatic carbocycles. The summed E-state index contributed by atoms with van der Waals surface area (Å²) in [5.74, 6) is -0.442. The minimum atomic E-state index is -4.01. The second kappa shape index (κ2) is 7.73. The first-order valence-electron chi connectivity index (χ1n) is 7.34. The molecular weight excluding hydrogens is 366 g/mol. The second-order valence-electron chi connectivity index (χ2n) is 5.44. The van der Waals surface area contributed by atoms with Crippen LogP contribution in [0.3, 0.4) is 0 Å². The van der Waals surface area contributed by atoms with E-state index in [9.17, 15) is 18.3 Å². The number of anilines is 3. The molecule has 134 valence electrons. The molecule has 7 nitrogen and oxygen atoms in total. The standard InChI is InChI=1S/C16H18ClN3O4S/c1-10(21)8-16(22)19-11-6-7-13(18)15(9-11)25(23,24)20-14-5-3-2-4-12(14)17/h2-7,9-10,20-21H,8,18H2,1H3,(H,19,22). The van der Waals surface area contributed by atoms with Crippen molar-refractivity contribution in [2.75, 3.05) is 15.8 Å². The van der Waals surface area contributed by atoms with Crippen molar-refractivity contribution in [3.8, 4) is 0 Å². The van der Waals surface area contributed by atoms with Crippen LogP contribution in [0.25, 0.3) is 0 Å². The zero-order chi connectivity index (χ0) is 18.6. The molecule has 0 heterocycles. The molecule has 1 atom stereocenters. The molecule has 5 N–H and O–H groups in total. The third kappa shape index (κ3) is 5.09. The fourth-order valence-electron chi connectivity index (χ4n) is 2.07. The molecule has 0 bridgehead atoms. The molecule has 0 fully saturated rings. The highest BCUT2D eigenvalue weighted by atomic mass is 35.5. The lowest BCUT2D eigenvalue weighted by atomic mass is 10.2. The zero-order valence-corrected chi connectivity index (χ0v) is 14.9. The van der Waals surface area contributed by atoms with Crippen LogP contribution in [0, 0.1) is 0 Å². The fourth-order valence-corrected chi connectivity index (χ4v) is 3.55. The molecule has 0 aliphatic rings. The van der Waals surface area contributed by atoms with Gasteiger partial charge in [-0.25, -0.2) is 8.42 Å². The van der Waals surface area contributed by atoms with Crippen molar-refractivity contribution in [1.29, 1.82) is 0 Å². The van der Waals surface area contributed by atoms with Crippen molar-refractivity contribution in [2.24, 2.45) is 0 Å². The Morgan fingerprint density at radius 1 is 1.28 bits per heavy atom. The molecular formula is C16H18ClN3O4S. The van der Waals surface area contributed by atoms with Crippen molar-refractivity contribution in [2.45, 2.75) is 24.3 Å². The maximum Gasteiger partial charge on any atom is 0.264 e. The summed E-state index contributed by atoms with van der Waals surface area (Å²) in [7, 11) is -4.01. The van der Waals surface area contributed by atoms with Crippen molar-refractivity contribution < 1.29 is 18.3 Å². The molecule has 2 aromatic carbocycles. The second-order valence-corrected chi connectivity index (χ2v) is 7.50. The Bertz CT molecular complexity index is 885. The van der Waals surface area contributed by atoms with E-state index in [2.05, 4.69) is 10.0 Å². The number of hydrogen-bond acceptors (Lipinski definition) is 5. The lowest BCUT2D eigenvalue weighted by Gasteiger charge is -2.13. The van der Waals surface area contributed by atoms with Crippen LogP contribution in [0.5, 0.6) is 0 Å². The van der Waals surface area contributed by atoms with Crippen molar-refractivity contribution >= 4 is 44.6 Å². The Morgan fingerprint density at radius 3 is 2.60 bits per heavy atom. The van der Waals surface area contributed by atoms with E-state index in [1.54, 1.807) is 18.2 Å². The lowest BCUT2D eigenvalue weighted by Crippen LogP contribution is -2.19. The number of nitrogen functional groups attached to an aromatic ring is 1. The smallest absolute Gasteiger partial charge is 0.264 e. The lowest BCUT2D eigenvalue weighted by molar-refractivity contribution is -0.117. The molecule has 0 aliphatic heterocycles. The predicted molar refractivity (Wildman–Crippen MR) is 98.0 cm³/mol. The largest absolute Gasteiger partial charge is 0.398 e. The summed E-state index contributed by atoms with van der Waals surface area (Å²) in [5.41, 5.74) is 6.26. The highest BCUT2D eigenvalue weighted by Crippen LogP contribution is 2.28. The quantitative estimate of drug-likeness (QED) is 0.571. The maximum absolute atomic E-state index is 12.6. The van der Waals surface area contributed by atoms with Gasteiger partial charge in [-0.15, -0.1) is 0 Å². The maximum atomic E-state index is 12.6. The first-order valence-corrected chi connectivity index (χ1v) is 9.20. The number of halogens is 1. The molecule has 2 aromatic rings. The number of benzene rings is 2. The predicted octanol–water partition coefficient (Wildman–Crippen LogP) is 2.43. The summed E-state index contributed by atoms with van der Waals surface area (Å²) in [6.45, 7) is 1.48. The van der Waals surface area contributed by atoms with Gasteiger partial charge in [0.05, 0.1) is 28.9 Å². The van der Waals surface area contributed by atoms with Gasteiger partial charge >= 0.3 is 0 Å². The van der Waals surface area contributed by atoms with Gasteiger partial charge in [0.15, 0.2) is 0 Å². The molecule has 0 radical (unpaired) electrons. The topological polar surface area (TPSA) is 122 Å². The van der Waals surface area contributed by atoms with E-state index in [1.165, 1.54) is 31.2 Å². The molecule has 1 unspecified atom stereocenters. The molecule has 2 rings (SSSR count). The van der Waals surface area contributed by atoms with Crippen LogP contribution in [0.15, 0.2) is 47.4 Å². The highest BCUT2D eigenvalue weighted by molar-refractivity contribution is 7.93. The van der Waals surface area contributed by atoms with Crippen molar-refractivity contribution in [1.82, 2.24) is 0 Å². The summed E-state index contributed by atoms with van der Waals surface area (Å²) in [6.07, 6.45) is -0.913. The van der Waals surface area contributed by atoms with Crippen LogP contribution in [-0.4, -0.2) is 25.5 Å². The normalized spacial score (nSPS) is 12.4. The summed E-state index contributed by atoms with van der Waals surface area (Å²) in [5, 5.41) is 12.0. The number of amides is 1. The minimum Gasteiger partial charge on any atom is -0.398 e. The van der Waals surface area contributed by atoms with E-state index >= 15 is 0 Å². The Kier molecular flexibility index (Phi) is 5.89. The minimum absolute atomic E-state index is 0.0214. The van der Waals surface area contributed by atoms with Crippen molar-refractivity contribution in [3.63, 3.8) is 0 Å². The Morgan fingerprint density at radius 2 is 1.96 bits per heavy atom. The summed E-state index contributed by atoms with van der Waals surface area (Å²) < 4.78 is 27.5. The number of aliphatic hydroxyl groups is 1. The number of carbonyl (C=O) groups excluding carboxylic acids is 1.